The molecule has 0 bridgehead atoms. The number of anilines is 3. The summed E-state index contributed by atoms with van der Waals surface area (Å²) in [5, 5.41) is 10.1. The number of carbonyl (C=O) groups is 2. The fourth-order valence-corrected chi connectivity index (χ4v) is 6.77. The van der Waals surface area contributed by atoms with Crippen LogP contribution in [0, 0.1) is 5.41 Å². The van der Waals surface area contributed by atoms with Gasteiger partial charge in [-0.3, -0.25) is 24.5 Å². The minimum atomic E-state index is -0.367. The van der Waals surface area contributed by atoms with Gasteiger partial charge in [-0.15, -0.1) is 0 Å². The quantitative estimate of drug-likeness (QED) is 0.290. The van der Waals surface area contributed by atoms with Crippen LogP contribution in [0.15, 0.2) is 48.8 Å². The first-order chi connectivity index (χ1) is 20.3. The minimum absolute atomic E-state index is 0.194. The number of rotatable bonds is 7. The topological polar surface area (TPSA) is 118 Å². The lowest BCUT2D eigenvalue weighted by Crippen LogP contribution is -2.47. The van der Waals surface area contributed by atoms with E-state index >= 15 is 0 Å². The van der Waals surface area contributed by atoms with Crippen molar-refractivity contribution in [2.45, 2.75) is 51.1 Å². The number of nitrogens with one attached hydrogen (secondary N) is 2. The first-order valence-corrected chi connectivity index (χ1v) is 14.9. The van der Waals surface area contributed by atoms with Crippen molar-refractivity contribution in [3.63, 3.8) is 0 Å². The first kappa shape index (κ1) is 28.1. The Bertz CT molecular complexity index is 1450. The summed E-state index contributed by atoms with van der Waals surface area (Å²) in [4.78, 5) is 28.7. The lowest BCUT2D eigenvalue weighted by atomic mass is 9.71. The molecule has 3 aliphatic heterocycles. The Morgan fingerprint density at radius 1 is 1.10 bits per heavy atom. The van der Waals surface area contributed by atoms with Gasteiger partial charge in [-0.25, -0.2) is 0 Å². The van der Waals surface area contributed by atoms with Gasteiger partial charge in [0.2, 0.25) is 11.8 Å². The molecule has 1 spiro atoms. The minimum Gasteiger partial charge on any atom is -0.495 e. The van der Waals surface area contributed by atoms with Crippen molar-refractivity contribution >= 4 is 28.9 Å². The fraction of sp³-hybridized carbons (Fsp3) is 0.469. The molecule has 222 valence electrons. The fourth-order valence-electron chi connectivity index (χ4n) is 6.77. The predicted molar refractivity (Wildman–Crippen MR) is 164 cm³/mol. The number of likely N-dealkylation sites (tertiary alicyclic amines) is 1. The van der Waals surface area contributed by atoms with E-state index in [4.69, 9.17) is 10.5 Å². The number of nitrogens with two attached hydrogens (primary N) is 1. The van der Waals surface area contributed by atoms with Crippen LogP contribution in [0.4, 0.5) is 17.1 Å². The second-order valence-corrected chi connectivity index (χ2v) is 12.1. The maximum Gasteiger partial charge on any atom is 0.249 e. The molecule has 1 unspecified atom stereocenters. The number of aryl methyl sites for hydroxylation is 1. The molecule has 4 N–H and O–H groups in total. The van der Waals surface area contributed by atoms with Crippen molar-refractivity contribution in [1.29, 1.82) is 0 Å². The normalized spacial score (nSPS) is 20.9. The van der Waals surface area contributed by atoms with Gasteiger partial charge < -0.3 is 20.7 Å². The van der Waals surface area contributed by atoms with Crippen molar-refractivity contribution in [3.8, 4) is 16.9 Å². The first-order valence-electron chi connectivity index (χ1n) is 14.9. The summed E-state index contributed by atoms with van der Waals surface area (Å²) >= 11 is 0. The molecule has 10 nitrogen and oxygen atoms in total. The molecule has 3 saturated heterocycles. The van der Waals surface area contributed by atoms with Crippen molar-refractivity contribution in [2.75, 3.05) is 49.2 Å². The summed E-state index contributed by atoms with van der Waals surface area (Å²) in [5.41, 5.74) is 12.8. The molecule has 10 heteroatoms. The van der Waals surface area contributed by atoms with Crippen LogP contribution in [0.2, 0.25) is 0 Å². The Balaban J connectivity index is 1.06. The van der Waals surface area contributed by atoms with E-state index in [1.54, 1.807) is 7.11 Å². The van der Waals surface area contributed by atoms with Gasteiger partial charge in [0.15, 0.2) is 0 Å². The number of carbonyl (C=O) groups excluding carboxylic acids is 2. The van der Waals surface area contributed by atoms with Crippen molar-refractivity contribution < 1.29 is 14.3 Å². The molecule has 2 aromatic carbocycles. The van der Waals surface area contributed by atoms with Crippen LogP contribution >= 0.6 is 0 Å². The molecule has 0 saturated carbocycles. The van der Waals surface area contributed by atoms with E-state index in [1.807, 2.05) is 42.3 Å². The van der Waals surface area contributed by atoms with Gasteiger partial charge >= 0.3 is 0 Å². The van der Waals surface area contributed by atoms with Gasteiger partial charge in [-0.1, -0.05) is 12.1 Å². The number of ether oxygens (including phenoxy) is 1. The van der Waals surface area contributed by atoms with E-state index in [0.717, 1.165) is 55.2 Å². The molecule has 6 rings (SSSR count). The van der Waals surface area contributed by atoms with Crippen LogP contribution in [0.3, 0.4) is 0 Å². The second-order valence-electron chi connectivity index (χ2n) is 12.1. The highest BCUT2D eigenvalue weighted by Gasteiger charge is 2.38. The average Bonchev–Trinajstić information content (AvgIpc) is 3.42. The largest absolute Gasteiger partial charge is 0.495 e. The van der Waals surface area contributed by atoms with Gasteiger partial charge in [0.1, 0.15) is 11.8 Å². The van der Waals surface area contributed by atoms with Crippen molar-refractivity contribution in [1.82, 2.24) is 20.0 Å². The molecule has 2 amide bonds. The third-order valence-corrected chi connectivity index (χ3v) is 9.36. The molecule has 3 fully saturated rings. The molecule has 1 atom stereocenters. The smallest absolute Gasteiger partial charge is 0.249 e. The van der Waals surface area contributed by atoms with Crippen molar-refractivity contribution in [3.05, 3.63) is 54.4 Å². The van der Waals surface area contributed by atoms with Gasteiger partial charge in [0.25, 0.3) is 0 Å². The molecule has 3 aromatic rings. The number of nitrogen functional groups attached to an aromatic ring is 1. The number of nitrogens with zero attached hydrogens (tertiary/aromatic N) is 4. The Labute approximate surface area is 247 Å². The number of hydrogen-bond donors (Lipinski definition) is 3. The van der Waals surface area contributed by atoms with E-state index < -0.39 is 0 Å². The van der Waals surface area contributed by atoms with Crippen LogP contribution in [0.5, 0.6) is 5.75 Å². The third kappa shape index (κ3) is 5.94. The molecule has 1 aromatic heterocycles. The second kappa shape index (κ2) is 11.7. The number of benzene rings is 2. The molecule has 0 radical (unpaired) electrons. The van der Waals surface area contributed by atoms with Gasteiger partial charge in [0.05, 0.1) is 19.0 Å². The number of piperidine rings is 3. The van der Waals surface area contributed by atoms with Crippen LogP contribution in [-0.2, 0) is 23.2 Å². The molecule has 42 heavy (non-hydrogen) atoms. The number of amides is 2. The molecular weight excluding hydrogens is 530 g/mol. The predicted octanol–water partition coefficient (Wildman–Crippen LogP) is 3.78. The van der Waals surface area contributed by atoms with E-state index in [9.17, 15) is 9.59 Å². The molecule has 3 aliphatic rings. The van der Waals surface area contributed by atoms with Gasteiger partial charge in [0, 0.05) is 67.9 Å². The number of aromatic nitrogens is 2. The Morgan fingerprint density at radius 3 is 2.55 bits per heavy atom. The van der Waals surface area contributed by atoms with Crippen LogP contribution < -0.4 is 26.0 Å². The van der Waals surface area contributed by atoms with Crippen molar-refractivity contribution in [2.24, 2.45) is 12.5 Å². The summed E-state index contributed by atoms with van der Waals surface area (Å²) in [6.45, 7) is 5.08. The van der Waals surface area contributed by atoms with Crippen LogP contribution in [0.25, 0.3) is 11.1 Å². The molecule has 0 aliphatic carbocycles. The lowest BCUT2D eigenvalue weighted by Gasteiger charge is -2.47. The lowest BCUT2D eigenvalue weighted by molar-refractivity contribution is -0.133. The summed E-state index contributed by atoms with van der Waals surface area (Å²) in [6, 6.07) is 12.0. The third-order valence-electron chi connectivity index (χ3n) is 9.36. The monoisotopic (exact) mass is 571 g/mol. The van der Waals surface area contributed by atoms with E-state index in [1.165, 1.54) is 31.2 Å². The number of hydrogen-bond acceptors (Lipinski definition) is 8. The van der Waals surface area contributed by atoms with Gasteiger partial charge in [-0.05, 0) is 74.4 Å². The zero-order valence-electron chi connectivity index (χ0n) is 24.6. The summed E-state index contributed by atoms with van der Waals surface area (Å²) < 4.78 is 7.41. The maximum absolute atomic E-state index is 12.2. The Hall–Kier alpha value is -4.05. The highest BCUT2D eigenvalue weighted by atomic mass is 16.5. The number of methoxy groups -OCH3 is 1. The maximum atomic E-state index is 12.2. The standard InChI is InChI=1S/C32H41N7O3/c1-37-21-23(19-34-37)25-17-26(33)29(42-2)18-28(25)39-14-10-32(11-15-39)8-12-38(13-9-32)20-22-4-3-5-24(16-22)35-27-6-7-30(40)36-31(27)41/h3-5,16-19,21,27,35H,6-15,20,33H2,1-2H3,(H,36,40,41). The highest BCUT2D eigenvalue weighted by molar-refractivity contribution is 6.01. The Kier molecular flexibility index (Phi) is 7.81. The molecular formula is C32H41N7O3. The average molecular weight is 572 g/mol. The summed E-state index contributed by atoms with van der Waals surface area (Å²) in [7, 11) is 3.60. The SMILES string of the molecule is COc1cc(N2CCC3(CCN(Cc4cccc(NC5CCC(=O)NC5=O)c4)CC3)CC2)c(-c2cnn(C)c2)cc1N. The number of imide groups is 1. The van der Waals surface area contributed by atoms with E-state index in [0.29, 0.717) is 29.7 Å². The summed E-state index contributed by atoms with van der Waals surface area (Å²) in [6.07, 6.45) is 9.58. The zero-order valence-corrected chi connectivity index (χ0v) is 24.6. The molecule has 4 heterocycles. The van der Waals surface area contributed by atoms with Crippen LogP contribution in [-0.4, -0.2) is 65.8 Å². The zero-order chi connectivity index (χ0) is 29.3. The summed E-state index contributed by atoms with van der Waals surface area (Å²) in [5.74, 6) is 0.274. The van der Waals surface area contributed by atoms with Crippen LogP contribution in [0.1, 0.15) is 44.1 Å². The highest BCUT2D eigenvalue weighted by Crippen LogP contribution is 2.45. The van der Waals surface area contributed by atoms with Gasteiger partial charge in [-0.2, -0.15) is 5.10 Å². The Morgan fingerprint density at radius 2 is 1.86 bits per heavy atom. The van der Waals surface area contributed by atoms with E-state index in [2.05, 4.69) is 43.7 Å². The van der Waals surface area contributed by atoms with E-state index in [-0.39, 0.29) is 17.9 Å².